The molecule has 1 saturated heterocycles. The number of hydrogen-bond acceptors (Lipinski definition) is 3. The van der Waals surface area contributed by atoms with Gasteiger partial charge in [0.1, 0.15) is 0 Å². The van der Waals surface area contributed by atoms with Gasteiger partial charge < -0.3 is 14.6 Å². The molecule has 1 aliphatic carbocycles. The smallest absolute Gasteiger partial charge is 0.416 e. The fourth-order valence-corrected chi connectivity index (χ4v) is 5.92. The van der Waals surface area contributed by atoms with Crippen molar-refractivity contribution in [3.63, 3.8) is 0 Å². The third-order valence-corrected chi connectivity index (χ3v) is 7.91. The molecule has 37 heavy (non-hydrogen) atoms. The number of halogens is 3. The van der Waals surface area contributed by atoms with Gasteiger partial charge in [0.25, 0.3) is 0 Å². The number of allylic oxidation sites excluding steroid dienone is 2. The number of alkyl halides is 3. The number of aliphatic carboxylic acids is 1. The number of carbonyl (C=O) groups is 1. The van der Waals surface area contributed by atoms with Crippen LogP contribution in [0.2, 0.25) is 0 Å². The minimum Gasteiger partial charge on any atom is -0.481 e. The zero-order valence-corrected chi connectivity index (χ0v) is 21.0. The molecule has 0 radical (unpaired) electrons. The van der Waals surface area contributed by atoms with Crippen LogP contribution in [0.25, 0.3) is 0 Å². The first-order valence-corrected chi connectivity index (χ1v) is 13.0. The summed E-state index contributed by atoms with van der Waals surface area (Å²) in [5, 5.41) is 8.85. The summed E-state index contributed by atoms with van der Waals surface area (Å²) in [5.74, 6) is -0.190. The van der Waals surface area contributed by atoms with Crippen LogP contribution in [0.5, 0.6) is 0 Å². The van der Waals surface area contributed by atoms with E-state index in [0.717, 1.165) is 50.8 Å². The van der Waals surface area contributed by atoms with E-state index in [2.05, 4.69) is 36.4 Å². The maximum Gasteiger partial charge on any atom is 0.416 e. The summed E-state index contributed by atoms with van der Waals surface area (Å²) in [4.78, 5) is 10.8. The first-order valence-electron chi connectivity index (χ1n) is 13.0. The van der Waals surface area contributed by atoms with Crippen LogP contribution in [0.1, 0.15) is 55.2 Å². The van der Waals surface area contributed by atoms with Gasteiger partial charge >= 0.3 is 12.1 Å². The second kappa shape index (κ2) is 12.3. The summed E-state index contributed by atoms with van der Waals surface area (Å²) in [6.45, 7) is 1.49. The number of benzene rings is 2. The largest absolute Gasteiger partial charge is 0.481 e. The van der Waals surface area contributed by atoms with E-state index in [0.29, 0.717) is 24.5 Å². The highest BCUT2D eigenvalue weighted by molar-refractivity contribution is 5.66. The van der Waals surface area contributed by atoms with Crippen molar-refractivity contribution in [2.45, 2.75) is 63.8 Å². The van der Waals surface area contributed by atoms with Crippen molar-refractivity contribution < 1.29 is 32.5 Å². The number of aryl methyl sites for hydroxylation is 1. The van der Waals surface area contributed by atoms with E-state index in [1.807, 2.05) is 6.07 Å². The summed E-state index contributed by atoms with van der Waals surface area (Å²) in [5.41, 5.74) is 1.43. The molecule has 0 amide bonds. The van der Waals surface area contributed by atoms with Crippen molar-refractivity contribution in [3.05, 3.63) is 83.4 Å². The lowest BCUT2D eigenvalue weighted by atomic mass is 9.70. The minimum atomic E-state index is -4.34. The van der Waals surface area contributed by atoms with Crippen LogP contribution in [0.3, 0.4) is 0 Å². The number of unbranched alkanes of at least 4 members (excludes halogenated alkanes) is 1. The quantitative estimate of drug-likeness (QED) is 0.228. The second-order valence-electron chi connectivity index (χ2n) is 10.4. The van der Waals surface area contributed by atoms with Gasteiger partial charge in [0.15, 0.2) is 0 Å². The zero-order chi connectivity index (χ0) is 26.3. The van der Waals surface area contributed by atoms with Crippen molar-refractivity contribution in [2.75, 3.05) is 13.2 Å². The summed E-state index contributed by atoms with van der Waals surface area (Å²) in [6.07, 6.45) is 5.46. The molecule has 0 unspecified atom stereocenters. The Balaban J connectivity index is 1.38. The predicted octanol–water partition coefficient (Wildman–Crippen LogP) is 7.08. The molecule has 200 valence electrons. The van der Waals surface area contributed by atoms with Crippen LogP contribution in [0.15, 0.2) is 66.7 Å². The second-order valence-corrected chi connectivity index (χ2v) is 10.4. The molecule has 0 aromatic heterocycles. The standard InChI is InChI=1S/C30H35F3O4/c31-30(32,33)24-14-12-23(13-15-24)19-36-20-25-26(10-6-1-2-7-11-28(34)35)29(18-27(25)37-21-29)17-16-22-8-4-3-5-9-22/h1,3-6,8-9,12-15,25-27H,2,7,10-11,16-21H2,(H,34,35)/b6-1-/t25-,26-,27-,29-/m1/s1. The van der Waals surface area contributed by atoms with Crippen LogP contribution in [0.4, 0.5) is 13.2 Å². The van der Waals surface area contributed by atoms with Gasteiger partial charge in [-0.05, 0) is 67.7 Å². The number of carboxylic acids is 1. The zero-order valence-electron chi connectivity index (χ0n) is 21.0. The van der Waals surface area contributed by atoms with Crippen molar-refractivity contribution in [1.82, 2.24) is 0 Å². The topological polar surface area (TPSA) is 55.8 Å². The van der Waals surface area contributed by atoms with Gasteiger partial charge in [-0.1, -0.05) is 54.6 Å². The Kier molecular flexibility index (Phi) is 9.08. The number of hydrogen-bond donors (Lipinski definition) is 1. The normalized spacial score (nSPS) is 25.2. The highest BCUT2D eigenvalue weighted by Gasteiger charge is 2.57. The Morgan fingerprint density at radius 1 is 1.08 bits per heavy atom. The minimum absolute atomic E-state index is 0.0638. The molecule has 4 rings (SSSR count). The highest BCUT2D eigenvalue weighted by atomic mass is 19.4. The van der Waals surface area contributed by atoms with E-state index in [4.69, 9.17) is 14.6 Å². The Labute approximate surface area is 216 Å². The van der Waals surface area contributed by atoms with Crippen LogP contribution < -0.4 is 0 Å². The van der Waals surface area contributed by atoms with Gasteiger partial charge in [0, 0.05) is 17.8 Å². The van der Waals surface area contributed by atoms with Crippen molar-refractivity contribution in [1.29, 1.82) is 0 Å². The molecule has 1 N–H and O–H groups in total. The fourth-order valence-electron chi connectivity index (χ4n) is 5.92. The number of ether oxygens (including phenoxy) is 2. The average Bonchev–Trinajstić information content (AvgIpc) is 3.42. The molecule has 2 bridgehead atoms. The predicted molar refractivity (Wildman–Crippen MR) is 135 cm³/mol. The van der Waals surface area contributed by atoms with E-state index in [9.17, 15) is 18.0 Å². The Morgan fingerprint density at radius 3 is 2.54 bits per heavy atom. The molecule has 1 heterocycles. The van der Waals surface area contributed by atoms with Crippen molar-refractivity contribution in [3.8, 4) is 0 Å². The molecular formula is C30H35F3O4. The highest BCUT2D eigenvalue weighted by Crippen LogP contribution is 2.57. The van der Waals surface area contributed by atoms with E-state index in [-0.39, 0.29) is 30.5 Å². The Hall–Kier alpha value is -2.64. The maximum absolute atomic E-state index is 12.8. The lowest BCUT2D eigenvalue weighted by Gasteiger charge is -2.39. The maximum atomic E-state index is 12.8. The van der Waals surface area contributed by atoms with Gasteiger partial charge in [-0.3, -0.25) is 4.79 Å². The SMILES string of the molecule is O=C(O)CCC/C=C\C[C@@H]1[C@@H](COCc2ccc(C(F)(F)F)cc2)[C@H]2C[C@]1(CCc1ccccc1)CO2. The molecule has 7 heteroatoms. The molecule has 1 aliphatic heterocycles. The van der Waals surface area contributed by atoms with Gasteiger partial charge in [-0.2, -0.15) is 13.2 Å². The molecule has 2 aromatic rings. The molecule has 2 fully saturated rings. The van der Waals surface area contributed by atoms with E-state index < -0.39 is 17.7 Å². The lowest BCUT2D eigenvalue weighted by molar-refractivity contribution is -0.138. The monoisotopic (exact) mass is 516 g/mol. The number of carboxylic acid groups (broad SMARTS) is 1. The first kappa shape index (κ1) is 27.4. The van der Waals surface area contributed by atoms with Gasteiger partial charge in [0.2, 0.25) is 0 Å². The van der Waals surface area contributed by atoms with Crippen LogP contribution >= 0.6 is 0 Å². The van der Waals surface area contributed by atoms with E-state index >= 15 is 0 Å². The lowest BCUT2D eigenvalue weighted by Crippen LogP contribution is -2.38. The van der Waals surface area contributed by atoms with Crippen LogP contribution in [-0.2, 0) is 33.5 Å². The average molecular weight is 517 g/mol. The van der Waals surface area contributed by atoms with Crippen LogP contribution in [-0.4, -0.2) is 30.4 Å². The van der Waals surface area contributed by atoms with Crippen LogP contribution in [0, 0.1) is 17.3 Å². The van der Waals surface area contributed by atoms with Gasteiger partial charge in [-0.25, -0.2) is 0 Å². The summed E-state index contributed by atoms with van der Waals surface area (Å²) < 4.78 is 50.8. The molecule has 0 spiro atoms. The summed E-state index contributed by atoms with van der Waals surface area (Å²) >= 11 is 0. The van der Waals surface area contributed by atoms with Gasteiger partial charge in [-0.15, -0.1) is 0 Å². The molecule has 4 atom stereocenters. The number of rotatable bonds is 13. The molecular weight excluding hydrogens is 481 g/mol. The molecule has 2 aliphatic rings. The Morgan fingerprint density at radius 2 is 1.84 bits per heavy atom. The van der Waals surface area contributed by atoms with Crippen molar-refractivity contribution in [2.24, 2.45) is 17.3 Å². The van der Waals surface area contributed by atoms with E-state index in [1.165, 1.54) is 17.7 Å². The molecule has 4 nitrogen and oxygen atoms in total. The molecule has 1 saturated carbocycles. The number of fused-ring (bicyclic) bond motifs is 2. The Bertz CT molecular complexity index is 1040. The van der Waals surface area contributed by atoms with Crippen molar-refractivity contribution >= 4 is 5.97 Å². The third-order valence-electron chi connectivity index (χ3n) is 7.91. The summed E-state index contributed by atoms with van der Waals surface area (Å²) in [6, 6.07) is 15.6. The third kappa shape index (κ3) is 7.23. The molecule has 2 aromatic carbocycles. The first-order chi connectivity index (χ1) is 17.8. The summed E-state index contributed by atoms with van der Waals surface area (Å²) in [7, 11) is 0. The van der Waals surface area contributed by atoms with E-state index in [1.54, 1.807) is 0 Å². The fraction of sp³-hybridized carbons (Fsp3) is 0.500. The van der Waals surface area contributed by atoms with Gasteiger partial charge in [0.05, 0.1) is 31.5 Å².